The van der Waals surface area contributed by atoms with Crippen LogP contribution in [-0.2, 0) is 5.41 Å². The SMILES string of the molecule is O=C1CCC2(CC3C=CC2C3)c2cc3cc(Cl)ccc3cc21. The van der Waals surface area contributed by atoms with E-state index >= 15 is 0 Å². The van der Waals surface area contributed by atoms with Gasteiger partial charge < -0.3 is 0 Å². The average Bonchev–Trinajstić information content (AvgIpc) is 3.11. The summed E-state index contributed by atoms with van der Waals surface area (Å²) in [5, 5.41) is 3.04. The van der Waals surface area contributed by atoms with E-state index in [0.29, 0.717) is 24.0 Å². The summed E-state index contributed by atoms with van der Waals surface area (Å²) in [5.41, 5.74) is 2.44. The second-order valence-electron chi connectivity index (χ2n) is 7.16. The molecule has 0 heterocycles. The molecule has 0 amide bonds. The molecule has 1 nitrogen and oxygen atoms in total. The summed E-state index contributed by atoms with van der Waals surface area (Å²) < 4.78 is 0. The third kappa shape index (κ3) is 1.58. The quantitative estimate of drug-likeness (QED) is 0.603. The van der Waals surface area contributed by atoms with Gasteiger partial charge in [-0.15, -0.1) is 0 Å². The topological polar surface area (TPSA) is 17.1 Å². The molecule has 1 fully saturated rings. The molecule has 0 N–H and O–H groups in total. The van der Waals surface area contributed by atoms with Crippen molar-refractivity contribution in [3.63, 3.8) is 0 Å². The zero-order valence-electron chi connectivity index (χ0n) is 12.3. The molecule has 1 saturated carbocycles. The second kappa shape index (κ2) is 4.23. The van der Waals surface area contributed by atoms with Crippen molar-refractivity contribution in [3.8, 4) is 0 Å². The lowest BCUT2D eigenvalue weighted by Crippen LogP contribution is -2.36. The fourth-order valence-corrected chi connectivity index (χ4v) is 5.25. The normalized spacial score (nSPS) is 32.1. The van der Waals surface area contributed by atoms with Crippen molar-refractivity contribution in [1.82, 2.24) is 0 Å². The largest absolute Gasteiger partial charge is 0.294 e. The maximum absolute atomic E-state index is 12.5. The summed E-state index contributed by atoms with van der Waals surface area (Å²) in [4.78, 5) is 12.5. The average molecular weight is 309 g/mol. The fraction of sp³-hybridized carbons (Fsp3) is 0.350. The molecule has 22 heavy (non-hydrogen) atoms. The molecule has 0 saturated heterocycles. The van der Waals surface area contributed by atoms with Crippen LogP contribution in [0.4, 0.5) is 0 Å². The van der Waals surface area contributed by atoms with Gasteiger partial charge in [0.25, 0.3) is 0 Å². The Morgan fingerprint density at radius 2 is 2.00 bits per heavy atom. The number of carbonyl (C=O) groups excluding carboxylic acids is 1. The summed E-state index contributed by atoms with van der Waals surface area (Å²) in [5.74, 6) is 1.63. The Hall–Kier alpha value is -1.60. The third-order valence-electron chi connectivity index (χ3n) is 6.08. The molecule has 2 heteroatoms. The summed E-state index contributed by atoms with van der Waals surface area (Å²) in [6.07, 6.45) is 8.96. The first-order valence-electron chi connectivity index (χ1n) is 8.11. The number of fused-ring (bicyclic) bond motifs is 6. The van der Waals surface area contributed by atoms with Crippen molar-refractivity contribution in [3.05, 3.63) is 58.6 Å². The van der Waals surface area contributed by atoms with Crippen molar-refractivity contribution in [2.45, 2.75) is 31.1 Å². The number of hydrogen-bond donors (Lipinski definition) is 0. The van der Waals surface area contributed by atoms with Gasteiger partial charge in [-0.2, -0.15) is 0 Å². The highest BCUT2D eigenvalue weighted by Crippen LogP contribution is 2.58. The van der Waals surface area contributed by atoms with Crippen LogP contribution in [0.3, 0.4) is 0 Å². The van der Waals surface area contributed by atoms with Crippen LogP contribution in [0.25, 0.3) is 10.8 Å². The minimum Gasteiger partial charge on any atom is -0.294 e. The first kappa shape index (κ1) is 12.9. The Morgan fingerprint density at radius 3 is 2.77 bits per heavy atom. The first-order chi connectivity index (χ1) is 10.7. The molecule has 0 radical (unpaired) electrons. The number of carbonyl (C=O) groups is 1. The summed E-state index contributed by atoms with van der Waals surface area (Å²) >= 11 is 6.17. The number of Topliss-reactive ketones (excluding diaryl/α,β-unsaturated/α-hetero) is 1. The Labute approximate surface area is 135 Å². The highest BCUT2D eigenvalue weighted by molar-refractivity contribution is 6.31. The summed E-state index contributed by atoms with van der Waals surface area (Å²) in [6, 6.07) is 10.3. The molecule has 2 aromatic rings. The van der Waals surface area contributed by atoms with E-state index in [-0.39, 0.29) is 5.41 Å². The van der Waals surface area contributed by atoms with Gasteiger partial charge in [0.05, 0.1) is 0 Å². The van der Waals surface area contributed by atoms with Gasteiger partial charge in [0.2, 0.25) is 0 Å². The molecule has 3 unspecified atom stereocenters. The maximum Gasteiger partial charge on any atom is 0.163 e. The fourth-order valence-electron chi connectivity index (χ4n) is 5.07. The summed E-state index contributed by atoms with van der Waals surface area (Å²) in [6.45, 7) is 0. The minimum absolute atomic E-state index is 0.194. The molecule has 2 aromatic carbocycles. The number of allylic oxidation sites excluding steroid dienone is 2. The van der Waals surface area contributed by atoms with Crippen molar-refractivity contribution < 1.29 is 4.79 Å². The number of halogens is 1. The van der Waals surface area contributed by atoms with Crippen LogP contribution in [0.2, 0.25) is 5.02 Å². The van der Waals surface area contributed by atoms with Crippen LogP contribution in [0, 0.1) is 11.8 Å². The van der Waals surface area contributed by atoms with E-state index < -0.39 is 0 Å². The standard InChI is InChI=1S/C20H17ClO/c21-16-4-2-13-9-17-18(10-14(13)8-16)20(6-5-19(17)22)11-12-1-3-15(20)7-12/h1-4,8-10,12,15H,5-7,11H2. The van der Waals surface area contributed by atoms with Gasteiger partial charge in [-0.05, 0) is 71.7 Å². The highest BCUT2D eigenvalue weighted by atomic mass is 35.5. The van der Waals surface area contributed by atoms with Crippen molar-refractivity contribution in [1.29, 1.82) is 0 Å². The summed E-state index contributed by atoms with van der Waals surface area (Å²) in [7, 11) is 0. The lowest BCUT2D eigenvalue weighted by atomic mass is 9.62. The second-order valence-corrected chi connectivity index (χ2v) is 7.60. The highest BCUT2D eigenvalue weighted by Gasteiger charge is 2.52. The number of rotatable bonds is 0. The van der Waals surface area contributed by atoms with Crippen LogP contribution in [0.5, 0.6) is 0 Å². The molecular weight excluding hydrogens is 292 g/mol. The maximum atomic E-state index is 12.5. The van der Waals surface area contributed by atoms with Crippen LogP contribution in [-0.4, -0.2) is 5.78 Å². The zero-order valence-corrected chi connectivity index (χ0v) is 13.1. The van der Waals surface area contributed by atoms with E-state index in [1.165, 1.54) is 18.4 Å². The predicted octanol–water partition coefficient (Wildman–Crippen LogP) is 5.30. The van der Waals surface area contributed by atoms with Gasteiger partial charge in [0.15, 0.2) is 5.78 Å². The van der Waals surface area contributed by atoms with Crippen LogP contribution >= 0.6 is 11.6 Å². The van der Waals surface area contributed by atoms with E-state index in [0.717, 1.165) is 27.8 Å². The smallest absolute Gasteiger partial charge is 0.163 e. The van der Waals surface area contributed by atoms with E-state index in [1.807, 2.05) is 18.2 Å². The van der Waals surface area contributed by atoms with Crippen molar-refractivity contribution in [2.75, 3.05) is 0 Å². The van der Waals surface area contributed by atoms with Crippen LogP contribution < -0.4 is 0 Å². The lowest BCUT2D eigenvalue weighted by molar-refractivity contribution is 0.0944. The molecule has 0 aliphatic heterocycles. The van der Waals surface area contributed by atoms with Crippen molar-refractivity contribution in [2.24, 2.45) is 11.8 Å². The van der Waals surface area contributed by atoms with Gasteiger partial charge in [-0.1, -0.05) is 29.8 Å². The molecule has 0 aromatic heterocycles. The zero-order chi connectivity index (χ0) is 14.9. The van der Waals surface area contributed by atoms with Gasteiger partial charge in [0.1, 0.15) is 0 Å². The van der Waals surface area contributed by atoms with E-state index in [2.05, 4.69) is 24.3 Å². The van der Waals surface area contributed by atoms with Gasteiger partial charge in [-0.3, -0.25) is 4.79 Å². The number of hydrogen-bond acceptors (Lipinski definition) is 1. The first-order valence-corrected chi connectivity index (χ1v) is 8.49. The van der Waals surface area contributed by atoms with E-state index in [9.17, 15) is 4.79 Å². The number of benzene rings is 2. The van der Waals surface area contributed by atoms with Crippen molar-refractivity contribution >= 4 is 28.2 Å². The Bertz CT molecular complexity index is 850. The van der Waals surface area contributed by atoms with Crippen LogP contribution in [0.1, 0.15) is 41.6 Å². The molecule has 3 atom stereocenters. The lowest BCUT2D eigenvalue weighted by Gasteiger charge is -2.40. The van der Waals surface area contributed by atoms with Gasteiger partial charge in [-0.25, -0.2) is 0 Å². The molecule has 1 spiro atoms. The van der Waals surface area contributed by atoms with Gasteiger partial charge in [0, 0.05) is 22.4 Å². The Balaban J connectivity index is 1.80. The minimum atomic E-state index is 0.194. The van der Waals surface area contributed by atoms with Gasteiger partial charge >= 0.3 is 0 Å². The monoisotopic (exact) mass is 308 g/mol. The molecule has 5 rings (SSSR count). The number of ketones is 1. The Morgan fingerprint density at radius 1 is 1.09 bits per heavy atom. The Kier molecular flexibility index (Phi) is 2.48. The van der Waals surface area contributed by atoms with E-state index in [1.54, 1.807) is 0 Å². The van der Waals surface area contributed by atoms with E-state index in [4.69, 9.17) is 11.6 Å². The molecule has 3 aliphatic carbocycles. The molecule has 3 aliphatic rings. The van der Waals surface area contributed by atoms with Crippen LogP contribution in [0.15, 0.2) is 42.5 Å². The predicted molar refractivity (Wildman–Crippen MR) is 89.6 cm³/mol. The molecule has 2 bridgehead atoms. The third-order valence-corrected chi connectivity index (χ3v) is 6.32. The molecule has 110 valence electrons. The molecular formula is C20H17ClO.